The zero-order valence-electron chi connectivity index (χ0n) is 18.2. The van der Waals surface area contributed by atoms with Crippen LogP contribution in [0.25, 0.3) is 11.2 Å². The number of nitrogens with one attached hydrogen (secondary N) is 3. The van der Waals surface area contributed by atoms with E-state index in [2.05, 4.69) is 25.6 Å². The number of carbonyl (C=O) groups is 1. The molecule has 1 amide bonds. The van der Waals surface area contributed by atoms with Crippen LogP contribution in [0.4, 0.5) is 31.7 Å². The molecule has 2 aliphatic carbocycles. The fourth-order valence-electron chi connectivity index (χ4n) is 3.71. The molecule has 0 aliphatic heterocycles. The van der Waals surface area contributed by atoms with Crippen LogP contribution < -0.4 is 14.9 Å². The predicted molar refractivity (Wildman–Crippen MR) is 124 cm³/mol. The average Bonchev–Trinajstić information content (AvgIpc) is 3.69. The van der Waals surface area contributed by atoms with Gasteiger partial charge in [-0.3, -0.25) is 9.10 Å². The molecule has 2 aliphatic rings. The van der Waals surface area contributed by atoms with E-state index >= 15 is 0 Å². The van der Waals surface area contributed by atoms with Crippen molar-refractivity contribution in [3.05, 3.63) is 35.7 Å². The molecule has 3 aromatic rings. The first kappa shape index (κ1) is 21.7. The van der Waals surface area contributed by atoms with Gasteiger partial charge in [0.25, 0.3) is 6.43 Å². The average molecular weight is 475 g/mol. The number of aromatic amines is 1. The number of halogens is 2. The highest BCUT2D eigenvalue weighted by Gasteiger charge is 2.30. The number of fused-ring (bicyclic) bond motifs is 1. The van der Waals surface area contributed by atoms with Crippen LogP contribution in [0, 0.1) is 5.92 Å². The Balaban J connectivity index is 1.57. The van der Waals surface area contributed by atoms with E-state index in [-0.39, 0.29) is 23.3 Å². The molecule has 1 atom stereocenters. The number of nitrogens with zero attached hydrogens (tertiary/aromatic N) is 3. The largest absolute Gasteiger partial charge is 0.352 e. The van der Waals surface area contributed by atoms with Crippen molar-refractivity contribution in [1.82, 2.24) is 15.0 Å². The molecule has 0 spiro atoms. The van der Waals surface area contributed by atoms with E-state index in [9.17, 15) is 17.8 Å². The zero-order chi connectivity index (χ0) is 23.3. The highest BCUT2D eigenvalue weighted by Crippen LogP contribution is 2.43. The summed E-state index contributed by atoms with van der Waals surface area (Å²) in [5.74, 6) is 0.0622. The van der Waals surface area contributed by atoms with Crippen LogP contribution in [0.3, 0.4) is 0 Å². The monoisotopic (exact) mass is 474 g/mol. The van der Waals surface area contributed by atoms with Gasteiger partial charge in [-0.15, -0.1) is 0 Å². The molecule has 8 nitrogen and oxygen atoms in total. The van der Waals surface area contributed by atoms with Crippen LogP contribution in [0.1, 0.15) is 49.4 Å². The number of pyridine rings is 1. The minimum Gasteiger partial charge on any atom is -0.352 e. The summed E-state index contributed by atoms with van der Waals surface area (Å²) < 4.78 is 40.5. The van der Waals surface area contributed by atoms with Gasteiger partial charge in [-0.05, 0) is 49.3 Å². The number of alkyl halides is 2. The molecule has 2 aromatic heterocycles. The topological polar surface area (TPSA) is 103 Å². The maximum Gasteiger partial charge on any atom is 0.295 e. The summed E-state index contributed by atoms with van der Waals surface area (Å²) in [5, 5.41) is 6.02. The number of aromatic nitrogens is 3. The summed E-state index contributed by atoms with van der Waals surface area (Å²) in [5.41, 5.74) is 3.35. The van der Waals surface area contributed by atoms with Crippen LogP contribution in [0.2, 0.25) is 0 Å². The molecule has 2 fully saturated rings. The summed E-state index contributed by atoms with van der Waals surface area (Å²) in [4.78, 5) is 23.1. The maximum atomic E-state index is 13.3. The van der Waals surface area contributed by atoms with Crippen molar-refractivity contribution >= 4 is 50.9 Å². The molecule has 5 rings (SSSR count). The summed E-state index contributed by atoms with van der Waals surface area (Å²) in [6, 6.07) is 7.51. The minimum absolute atomic E-state index is 0.0375. The maximum absolute atomic E-state index is 13.3. The molecular weight excluding hydrogens is 450 g/mol. The summed E-state index contributed by atoms with van der Waals surface area (Å²) in [6.07, 6.45) is 2.71. The second kappa shape index (κ2) is 8.36. The first-order valence-electron chi connectivity index (χ1n) is 10.8. The third-order valence-electron chi connectivity index (χ3n) is 5.95. The molecule has 1 unspecified atom stereocenters. The molecule has 0 bridgehead atoms. The molecule has 2 heterocycles. The molecule has 3 N–H and O–H groups in total. The van der Waals surface area contributed by atoms with E-state index in [0.29, 0.717) is 22.8 Å². The van der Waals surface area contributed by atoms with Gasteiger partial charge in [0.05, 0.1) is 17.1 Å². The van der Waals surface area contributed by atoms with Crippen molar-refractivity contribution in [2.24, 2.45) is 5.92 Å². The van der Waals surface area contributed by atoms with Gasteiger partial charge in [-0.1, -0.05) is 6.07 Å². The Hall–Kier alpha value is -3.08. The van der Waals surface area contributed by atoms with Gasteiger partial charge >= 0.3 is 0 Å². The van der Waals surface area contributed by atoms with Crippen LogP contribution in [-0.2, 0) is 15.8 Å². The number of rotatable bonds is 8. The van der Waals surface area contributed by atoms with E-state index < -0.39 is 23.2 Å². The van der Waals surface area contributed by atoms with Crippen molar-refractivity contribution in [3.63, 3.8) is 0 Å². The van der Waals surface area contributed by atoms with E-state index in [1.54, 1.807) is 23.7 Å². The van der Waals surface area contributed by atoms with Gasteiger partial charge in [-0.2, -0.15) is 0 Å². The normalized spacial score (nSPS) is 16.8. The number of benzene rings is 1. The molecule has 2 saturated carbocycles. The Morgan fingerprint density at radius 3 is 2.58 bits per heavy atom. The number of anilines is 4. The Bertz CT molecular complexity index is 1260. The third kappa shape index (κ3) is 4.54. The lowest BCUT2D eigenvalue weighted by Gasteiger charge is -2.22. The zero-order valence-corrected chi connectivity index (χ0v) is 19.0. The Morgan fingerprint density at radius 2 is 1.94 bits per heavy atom. The number of hydrogen-bond donors (Lipinski definition) is 3. The van der Waals surface area contributed by atoms with Gasteiger partial charge in [0, 0.05) is 25.3 Å². The second-order valence-electron chi connectivity index (χ2n) is 8.54. The van der Waals surface area contributed by atoms with Crippen molar-refractivity contribution < 1.29 is 17.8 Å². The molecule has 174 valence electrons. The summed E-state index contributed by atoms with van der Waals surface area (Å²) in [7, 11) is 0.472. The summed E-state index contributed by atoms with van der Waals surface area (Å²) in [6.45, 7) is 0. The van der Waals surface area contributed by atoms with Crippen molar-refractivity contribution in [1.29, 1.82) is 0 Å². The van der Waals surface area contributed by atoms with Gasteiger partial charge in [0.1, 0.15) is 22.3 Å². The highest BCUT2D eigenvalue weighted by atomic mass is 32.2. The van der Waals surface area contributed by atoms with Crippen LogP contribution in [-0.4, -0.2) is 38.4 Å². The van der Waals surface area contributed by atoms with Crippen LogP contribution in [0.5, 0.6) is 0 Å². The predicted octanol–water partition coefficient (Wildman–Crippen LogP) is 4.59. The summed E-state index contributed by atoms with van der Waals surface area (Å²) >= 11 is 0. The Kier molecular flexibility index (Phi) is 5.51. The third-order valence-corrected chi connectivity index (χ3v) is 6.92. The molecule has 1 aromatic carbocycles. The van der Waals surface area contributed by atoms with E-state index in [4.69, 9.17) is 0 Å². The van der Waals surface area contributed by atoms with Crippen molar-refractivity contribution in [2.45, 2.75) is 38.0 Å². The molecule has 0 saturated heterocycles. The fraction of sp³-hybridized carbons (Fsp3) is 0.409. The smallest absolute Gasteiger partial charge is 0.295 e. The highest BCUT2D eigenvalue weighted by molar-refractivity contribution is 7.85. The van der Waals surface area contributed by atoms with Crippen LogP contribution in [0.15, 0.2) is 24.3 Å². The number of imidazole rings is 1. The van der Waals surface area contributed by atoms with E-state index in [0.717, 1.165) is 31.4 Å². The van der Waals surface area contributed by atoms with Gasteiger partial charge in [0.15, 0.2) is 11.5 Å². The number of H-pyrrole nitrogens is 1. The first-order chi connectivity index (χ1) is 15.8. The Morgan fingerprint density at radius 1 is 1.18 bits per heavy atom. The minimum atomic E-state index is -2.79. The molecule has 0 radical (unpaired) electrons. The fourth-order valence-corrected chi connectivity index (χ4v) is 4.14. The number of amides is 1. The first-order valence-corrected chi connectivity index (χ1v) is 12.3. The standard InChI is InChI=1S/C22H24F2N6O2S/c1-30(33(2)32)16-9-13(11-3-4-11)7-8-14(16)25-15-10-17(27-22(31)12-5-6-12)26-20-18(15)28-21(29-20)19(23)24/h7-12,19H,3-6H2,1-2H3,(H3,25,26,27,28,29,31). The van der Waals surface area contributed by atoms with Crippen molar-refractivity contribution in [3.8, 4) is 0 Å². The van der Waals surface area contributed by atoms with E-state index in [1.807, 2.05) is 18.2 Å². The number of carbonyl (C=O) groups excluding carboxylic acids is 1. The quantitative estimate of drug-likeness (QED) is 0.443. The lowest BCUT2D eigenvalue weighted by Crippen LogP contribution is -2.20. The van der Waals surface area contributed by atoms with Gasteiger partial charge in [0.2, 0.25) is 5.91 Å². The lowest BCUT2D eigenvalue weighted by atomic mass is 10.1. The number of hydrogen-bond acceptors (Lipinski definition) is 5. The molecule has 33 heavy (non-hydrogen) atoms. The van der Waals surface area contributed by atoms with Gasteiger partial charge in [-0.25, -0.2) is 23.0 Å². The lowest BCUT2D eigenvalue weighted by molar-refractivity contribution is -0.117. The SMILES string of the molecule is CN(c1cc(C2CC2)ccc1Nc1cc(NC(=O)C2CC2)nc2nc(C(F)F)[nH]c12)S(C)=O. The van der Waals surface area contributed by atoms with Crippen LogP contribution >= 0.6 is 0 Å². The van der Waals surface area contributed by atoms with E-state index in [1.165, 1.54) is 5.56 Å². The van der Waals surface area contributed by atoms with Crippen molar-refractivity contribution in [2.75, 3.05) is 28.2 Å². The Labute approximate surface area is 191 Å². The second-order valence-corrected chi connectivity index (χ2v) is 9.93. The van der Waals surface area contributed by atoms with Gasteiger partial charge < -0.3 is 15.6 Å². The molecular formula is C22H24F2N6O2S. The molecule has 11 heteroatoms.